The molecule has 1 amide bonds. The molecule has 0 unspecified atom stereocenters. The molecule has 0 spiro atoms. The van der Waals surface area contributed by atoms with Crippen molar-refractivity contribution in [3.8, 4) is 17.1 Å². The maximum absolute atomic E-state index is 12.4. The van der Waals surface area contributed by atoms with Crippen LogP contribution in [-0.4, -0.2) is 61.7 Å². The van der Waals surface area contributed by atoms with E-state index >= 15 is 0 Å². The van der Waals surface area contributed by atoms with E-state index in [2.05, 4.69) is 15.3 Å². The van der Waals surface area contributed by atoms with Crippen molar-refractivity contribution in [2.45, 2.75) is 57.7 Å². The van der Waals surface area contributed by atoms with Crippen LogP contribution in [-0.2, 0) is 23.2 Å². The summed E-state index contributed by atoms with van der Waals surface area (Å²) in [6.07, 6.45) is 7.56. The molecule has 0 aromatic carbocycles. The fourth-order valence-corrected chi connectivity index (χ4v) is 4.37. The molecule has 10 nitrogen and oxygen atoms in total. The van der Waals surface area contributed by atoms with Crippen LogP contribution in [0.1, 0.15) is 50.6 Å². The van der Waals surface area contributed by atoms with Gasteiger partial charge in [-0.25, -0.2) is 9.48 Å². The van der Waals surface area contributed by atoms with Gasteiger partial charge in [0.1, 0.15) is 23.7 Å². The van der Waals surface area contributed by atoms with Gasteiger partial charge in [-0.2, -0.15) is 0 Å². The highest BCUT2D eigenvalue weighted by Crippen LogP contribution is 2.29. The highest BCUT2D eigenvalue weighted by Gasteiger charge is 2.28. The van der Waals surface area contributed by atoms with Gasteiger partial charge in [0, 0.05) is 20.6 Å². The Bertz CT molecular complexity index is 972. The molecule has 2 aromatic rings. The molecule has 0 aliphatic heterocycles. The van der Waals surface area contributed by atoms with Gasteiger partial charge in [0.25, 0.3) is 0 Å². The zero-order valence-electron chi connectivity index (χ0n) is 19.1. The average molecular weight is 458 g/mol. The van der Waals surface area contributed by atoms with Gasteiger partial charge in [-0.1, -0.05) is 11.6 Å². The lowest BCUT2D eigenvalue weighted by molar-refractivity contribution is -0.143. The summed E-state index contributed by atoms with van der Waals surface area (Å²) in [5.74, 6) is 0.0461. The number of carboxylic acids is 1. The molecular formula is C23H31N5O5. The summed E-state index contributed by atoms with van der Waals surface area (Å²) in [5.41, 5.74) is 1.79. The Morgan fingerprint density at radius 2 is 2.00 bits per heavy atom. The van der Waals surface area contributed by atoms with Gasteiger partial charge in [-0.15, -0.1) is 5.10 Å². The lowest BCUT2D eigenvalue weighted by atomic mass is 9.85. The summed E-state index contributed by atoms with van der Waals surface area (Å²) in [6, 6.07) is 3.58. The molecule has 2 heterocycles. The van der Waals surface area contributed by atoms with Crippen molar-refractivity contribution in [1.29, 1.82) is 0 Å². The van der Waals surface area contributed by atoms with Gasteiger partial charge in [0.15, 0.2) is 0 Å². The summed E-state index contributed by atoms with van der Waals surface area (Å²) in [6.45, 7) is 0.762. The van der Waals surface area contributed by atoms with Crippen molar-refractivity contribution < 1.29 is 24.2 Å². The molecule has 0 radical (unpaired) electrons. The molecule has 2 saturated carbocycles. The van der Waals surface area contributed by atoms with Gasteiger partial charge < -0.3 is 19.5 Å². The van der Waals surface area contributed by atoms with E-state index in [4.69, 9.17) is 9.47 Å². The number of aromatic nitrogens is 4. The Hall–Kier alpha value is -3.17. The minimum absolute atomic E-state index is 0.0469. The van der Waals surface area contributed by atoms with Crippen LogP contribution in [0.25, 0.3) is 11.4 Å². The van der Waals surface area contributed by atoms with Gasteiger partial charge in [0.2, 0.25) is 0 Å². The Balaban J connectivity index is 1.36. The molecule has 2 aliphatic rings. The number of aliphatic carboxylic acids is 1. The molecule has 2 atom stereocenters. The smallest absolute Gasteiger partial charge is 0.409 e. The van der Waals surface area contributed by atoms with Gasteiger partial charge >= 0.3 is 12.1 Å². The lowest BCUT2D eigenvalue weighted by Gasteiger charge is -2.29. The summed E-state index contributed by atoms with van der Waals surface area (Å²) >= 11 is 0. The highest BCUT2D eigenvalue weighted by atomic mass is 16.6. The van der Waals surface area contributed by atoms with E-state index in [1.165, 1.54) is 19.3 Å². The third-order valence-corrected chi connectivity index (χ3v) is 6.60. The molecule has 4 rings (SSSR count). The van der Waals surface area contributed by atoms with Gasteiger partial charge in [-0.3, -0.25) is 9.78 Å². The maximum atomic E-state index is 12.4. The van der Waals surface area contributed by atoms with Crippen LogP contribution in [0.5, 0.6) is 5.75 Å². The van der Waals surface area contributed by atoms with Crippen molar-refractivity contribution >= 4 is 12.1 Å². The second-order valence-electron chi connectivity index (χ2n) is 9.06. The quantitative estimate of drug-likeness (QED) is 0.641. The second-order valence-corrected chi connectivity index (χ2v) is 9.06. The Kier molecular flexibility index (Phi) is 7.10. The largest absolute Gasteiger partial charge is 0.489 e. The third-order valence-electron chi connectivity index (χ3n) is 6.60. The van der Waals surface area contributed by atoms with Crippen LogP contribution in [0.15, 0.2) is 18.3 Å². The van der Waals surface area contributed by atoms with Crippen molar-refractivity contribution in [3.05, 3.63) is 24.0 Å². The molecule has 178 valence electrons. The van der Waals surface area contributed by atoms with E-state index in [1.807, 2.05) is 0 Å². The van der Waals surface area contributed by atoms with E-state index in [1.54, 1.807) is 42.0 Å². The molecule has 1 N–H and O–H groups in total. The molecule has 0 bridgehead atoms. The molecular weight excluding hydrogens is 426 g/mol. The van der Waals surface area contributed by atoms with Crippen LogP contribution in [0, 0.1) is 11.8 Å². The topological polar surface area (TPSA) is 120 Å². The van der Waals surface area contributed by atoms with Crippen molar-refractivity contribution in [2.75, 3.05) is 13.6 Å². The zero-order valence-corrected chi connectivity index (χ0v) is 19.1. The first kappa shape index (κ1) is 23.0. The first-order valence-electron chi connectivity index (χ1n) is 11.5. The number of carboxylic acid groups (broad SMARTS) is 1. The Morgan fingerprint density at radius 1 is 1.21 bits per heavy atom. The molecule has 2 fully saturated rings. The number of ether oxygens (including phenoxy) is 2. The first-order chi connectivity index (χ1) is 15.9. The fraction of sp³-hybridized carbons (Fsp3) is 0.609. The fourth-order valence-electron chi connectivity index (χ4n) is 4.37. The molecule has 2 aliphatic carbocycles. The zero-order chi connectivity index (χ0) is 23.4. The van der Waals surface area contributed by atoms with Crippen LogP contribution >= 0.6 is 0 Å². The predicted molar refractivity (Wildman–Crippen MR) is 118 cm³/mol. The van der Waals surface area contributed by atoms with Gasteiger partial charge in [-0.05, 0) is 56.6 Å². The molecule has 2 aromatic heterocycles. The monoisotopic (exact) mass is 457 g/mol. The van der Waals surface area contributed by atoms with Crippen LogP contribution in [0.2, 0.25) is 0 Å². The third kappa shape index (κ3) is 5.61. The van der Waals surface area contributed by atoms with Gasteiger partial charge in [0.05, 0.1) is 23.9 Å². The Labute approximate surface area is 192 Å². The van der Waals surface area contributed by atoms with Crippen molar-refractivity contribution in [1.82, 2.24) is 24.9 Å². The lowest BCUT2D eigenvalue weighted by Crippen LogP contribution is -2.34. The second kappa shape index (κ2) is 10.2. The van der Waals surface area contributed by atoms with E-state index in [0.29, 0.717) is 48.1 Å². The van der Waals surface area contributed by atoms with Crippen LogP contribution in [0.3, 0.4) is 0 Å². The summed E-state index contributed by atoms with van der Waals surface area (Å²) < 4.78 is 13.0. The number of amides is 1. The predicted octanol–water partition coefficient (Wildman–Crippen LogP) is 3.27. The number of hydrogen-bond donors (Lipinski definition) is 1. The number of carbonyl (C=O) groups excluding carboxylic acids is 1. The van der Waals surface area contributed by atoms with Crippen molar-refractivity contribution in [2.24, 2.45) is 18.9 Å². The van der Waals surface area contributed by atoms with E-state index in [9.17, 15) is 14.7 Å². The maximum Gasteiger partial charge on any atom is 0.409 e. The van der Waals surface area contributed by atoms with E-state index < -0.39 is 5.97 Å². The molecule has 0 saturated heterocycles. The number of nitrogens with zero attached hydrogens (tertiary/aromatic N) is 5. The van der Waals surface area contributed by atoms with Crippen LogP contribution < -0.4 is 4.74 Å². The minimum atomic E-state index is -0.762. The standard InChI is InChI=1S/C23H31N5O5/c1-27(13-15-5-3-6-15)23(31)32-14-20-21(25-26-28(20)2)19-10-9-18(12-24-19)33-17-8-4-7-16(11-17)22(29)30/h9-10,12,15-17H,3-8,11,13-14H2,1-2H3,(H,29,30)/t16-,17-/m0/s1. The summed E-state index contributed by atoms with van der Waals surface area (Å²) in [4.78, 5) is 29.7. The normalized spacial score (nSPS) is 20.7. The summed E-state index contributed by atoms with van der Waals surface area (Å²) in [7, 11) is 3.51. The number of rotatable bonds is 8. The Morgan fingerprint density at radius 3 is 2.67 bits per heavy atom. The highest BCUT2D eigenvalue weighted by molar-refractivity contribution is 5.70. The van der Waals surface area contributed by atoms with Crippen LogP contribution in [0.4, 0.5) is 4.79 Å². The number of hydrogen-bond acceptors (Lipinski definition) is 7. The first-order valence-corrected chi connectivity index (χ1v) is 11.5. The minimum Gasteiger partial charge on any atom is -0.489 e. The average Bonchev–Trinajstić information content (AvgIpc) is 3.15. The van der Waals surface area contributed by atoms with E-state index in [0.717, 1.165) is 12.8 Å². The molecule has 10 heteroatoms. The SMILES string of the molecule is CN(CC1CCC1)C(=O)OCc1c(-c2ccc(O[C@H]3CCC[C@H](C(=O)O)C3)cn2)nnn1C. The number of aryl methyl sites for hydroxylation is 1. The number of pyridine rings is 1. The van der Waals surface area contributed by atoms with E-state index in [-0.39, 0.29) is 24.7 Å². The molecule has 33 heavy (non-hydrogen) atoms. The number of carbonyl (C=O) groups is 2. The summed E-state index contributed by atoms with van der Waals surface area (Å²) in [5, 5.41) is 17.5. The van der Waals surface area contributed by atoms with Crippen molar-refractivity contribution in [3.63, 3.8) is 0 Å².